The normalized spacial score (nSPS) is 13.0. The van der Waals surface area contributed by atoms with Gasteiger partial charge in [-0.15, -0.1) is 0 Å². The summed E-state index contributed by atoms with van der Waals surface area (Å²) in [7, 11) is -3.60. The van der Waals surface area contributed by atoms with E-state index in [1.54, 1.807) is 12.1 Å². The van der Waals surface area contributed by atoms with E-state index in [1.807, 2.05) is 13.0 Å². The van der Waals surface area contributed by atoms with E-state index in [2.05, 4.69) is 4.72 Å². The van der Waals surface area contributed by atoms with Crippen molar-refractivity contribution in [3.05, 3.63) is 29.3 Å². The van der Waals surface area contributed by atoms with Gasteiger partial charge in [-0.1, -0.05) is 24.6 Å². The molecule has 6 heteroatoms. The van der Waals surface area contributed by atoms with Crippen LogP contribution in [0.2, 0.25) is 5.02 Å². The van der Waals surface area contributed by atoms with E-state index < -0.39 is 10.0 Å². The first-order valence-electron chi connectivity index (χ1n) is 5.14. The summed E-state index contributed by atoms with van der Waals surface area (Å²) in [6.45, 7) is 1.82. The van der Waals surface area contributed by atoms with E-state index in [0.717, 1.165) is 0 Å². The molecule has 0 amide bonds. The SMILES string of the molecule is CCC(CC#N)NS(=O)(=O)c1cccc(Cl)c1. The summed E-state index contributed by atoms with van der Waals surface area (Å²) in [6, 6.07) is 7.60. The topological polar surface area (TPSA) is 70.0 Å². The van der Waals surface area contributed by atoms with Gasteiger partial charge in [0.25, 0.3) is 0 Å². The van der Waals surface area contributed by atoms with Gasteiger partial charge in [0.1, 0.15) is 0 Å². The monoisotopic (exact) mass is 272 g/mol. The molecule has 0 aliphatic heterocycles. The van der Waals surface area contributed by atoms with Crippen LogP contribution in [-0.4, -0.2) is 14.5 Å². The van der Waals surface area contributed by atoms with Crippen LogP contribution in [0.5, 0.6) is 0 Å². The van der Waals surface area contributed by atoms with Gasteiger partial charge in [0.2, 0.25) is 10.0 Å². The quantitative estimate of drug-likeness (QED) is 0.894. The van der Waals surface area contributed by atoms with Crippen LogP contribution < -0.4 is 4.72 Å². The Balaban J connectivity index is 2.93. The van der Waals surface area contributed by atoms with Gasteiger partial charge in [0.05, 0.1) is 17.4 Å². The average molecular weight is 273 g/mol. The van der Waals surface area contributed by atoms with Crippen molar-refractivity contribution in [3.63, 3.8) is 0 Å². The third-order valence-electron chi connectivity index (χ3n) is 2.26. The van der Waals surface area contributed by atoms with Crippen molar-refractivity contribution in [2.24, 2.45) is 0 Å². The maximum atomic E-state index is 11.9. The first-order valence-corrected chi connectivity index (χ1v) is 7.00. The van der Waals surface area contributed by atoms with Gasteiger partial charge < -0.3 is 0 Å². The molecule has 0 bridgehead atoms. The number of hydrogen-bond acceptors (Lipinski definition) is 3. The van der Waals surface area contributed by atoms with E-state index in [0.29, 0.717) is 11.4 Å². The first-order chi connectivity index (χ1) is 7.99. The number of nitriles is 1. The Labute approximate surface area is 106 Å². The van der Waals surface area contributed by atoms with Crippen molar-refractivity contribution >= 4 is 21.6 Å². The van der Waals surface area contributed by atoms with Crippen LogP contribution in [0.4, 0.5) is 0 Å². The molecule has 0 heterocycles. The number of nitrogens with one attached hydrogen (secondary N) is 1. The van der Waals surface area contributed by atoms with Gasteiger partial charge in [0.15, 0.2) is 0 Å². The number of benzene rings is 1. The summed E-state index contributed by atoms with van der Waals surface area (Å²) in [5, 5.41) is 8.94. The molecular formula is C11H13ClN2O2S. The Hall–Kier alpha value is -1.09. The molecule has 1 unspecified atom stereocenters. The zero-order chi connectivity index (χ0) is 12.9. The largest absolute Gasteiger partial charge is 0.240 e. The minimum absolute atomic E-state index is 0.112. The molecule has 1 rings (SSSR count). The third kappa shape index (κ3) is 4.00. The molecule has 17 heavy (non-hydrogen) atoms. The van der Waals surface area contributed by atoms with E-state index in [9.17, 15) is 8.42 Å². The smallest absolute Gasteiger partial charge is 0.207 e. The lowest BCUT2D eigenvalue weighted by molar-refractivity contribution is 0.543. The Morgan fingerprint density at radius 3 is 2.76 bits per heavy atom. The van der Waals surface area contributed by atoms with Gasteiger partial charge in [-0.05, 0) is 24.6 Å². The Morgan fingerprint density at radius 1 is 1.53 bits per heavy atom. The average Bonchev–Trinajstić information content (AvgIpc) is 2.28. The highest BCUT2D eigenvalue weighted by Gasteiger charge is 2.18. The molecule has 0 aliphatic rings. The maximum absolute atomic E-state index is 11.9. The predicted octanol–water partition coefficient (Wildman–Crippen LogP) is 2.31. The minimum Gasteiger partial charge on any atom is -0.207 e. The standard InChI is InChI=1S/C11H13ClN2O2S/c1-2-10(6-7-13)14-17(15,16)11-5-3-4-9(12)8-11/h3-5,8,10,14H,2,6H2,1H3. The molecule has 0 radical (unpaired) electrons. The fourth-order valence-corrected chi connectivity index (χ4v) is 2.92. The summed E-state index contributed by atoms with van der Waals surface area (Å²) in [6.07, 6.45) is 0.712. The number of rotatable bonds is 5. The highest BCUT2D eigenvalue weighted by atomic mass is 35.5. The summed E-state index contributed by atoms with van der Waals surface area (Å²) in [5.41, 5.74) is 0. The van der Waals surface area contributed by atoms with Gasteiger partial charge in [-0.25, -0.2) is 13.1 Å². The second-order valence-electron chi connectivity index (χ2n) is 3.55. The number of hydrogen-bond donors (Lipinski definition) is 1. The molecule has 92 valence electrons. The Bertz CT molecular complexity index is 523. The zero-order valence-corrected chi connectivity index (χ0v) is 10.9. The van der Waals surface area contributed by atoms with E-state index in [1.165, 1.54) is 12.1 Å². The molecule has 1 aromatic carbocycles. The predicted molar refractivity (Wildman–Crippen MR) is 66.1 cm³/mol. The van der Waals surface area contributed by atoms with Crippen molar-refractivity contribution in [2.45, 2.75) is 30.7 Å². The molecule has 0 aliphatic carbocycles. The number of halogens is 1. The van der Waals surface area contributed by atoms with Crippen LogP contribution in [0, 0.1) is 11.3 Å². The summed E-state index contributed by atoms with van der Waals surface area (Å²) < 4.78 is 26.4. The molecule has 0 fully saturated rings. The fourth-order valence-electron chi connectivity index (χ4n) is 1.30. The molecule has 0 saturated heterocycles. The lowest BCUT2D eigenvalue weighted by Gasteiger charge is -2.13. The molecule has 4 nitrogen and oxygen atoms in total. The van der Waals surface area contributed by atoms with Crippen molar-refractivity contribution in [3.8, 4) is 6.07 Å². The zero-order valence-electron chi connectivity index (χ0n) is 9.35. The second-order valence-corrected chi connectivity index (χ2v) is 5.70. The fraction of sp³-hybridized carbons (Fsp3) is 0.364. The van der Waals surface area contributed by atoms with E-state index >= 15 is 0 Å². The molecule has 0 aromatic heterocycles. The van der Waals surface area contributed by atoms with Gasteiger partial charge in [-0.2, -0.15) is 5.26 Å². The summed E-state index contributed by atoms with van der Waals surface area (Å²) in [4.78, 5) is 0.112. The van der Waals surface area contributed by atoms with Gasteiger partial charge >= 0.3 is 0 Å². The first kappa shape index (κ1) is 14.0. The minimum atomic E-state index is -3.60. The van der Waals surface area contributed by atoms with Crippen LogP contribution in [0.1, 0.15) is 19.8 Å². The summed E-state index contributed by atoms with van der Waals surface area (Å²) >= 11 is 5.74. The third-order valence-corrected chi connectivity index (χ3v) is 4.01. The van der Waals surface area contributed by atoms with Crippen LogP contribution in [-0.2, 0) is 10.0 Å². The highest BCUT2D eigenvalue weighted by Crippen LogP contribution is 2.16. The molecule has 0 saturated carbocycles. The lowest BCUT2D eigenvalue weighted by Crippen LogP contribution is -2.34. The highest BCUT2D eigenvalue weighted by molar-refractivity contribution is 7.89. The van der Waals surface area contributed by atoms with Crippen molar-refractivity contribution in [2.75, 3.05) is 0 Å². The van der Waals surface area contributed by atoms with Crippen molar-refractivity contribution in [1.82, 2.24) is 4.72 Å². The second kappa shape index (κ2) is 6.01. The lowest BCUT2D eigenvalue weighted by atomic mass is 10.2. The maximum Gasteiger partial charge on any atom is 0.240 e. The molecule has 1 atom stereocenters. The van der Waals surface area contributed by atoms with Crippen molar-refractivity contribution < 1.29 is 8.42 Å². The molecule has 0 spiro atoms. The van der Waals surface area contributed by atoms with Gasteiger partial charge in [0, 0.05) is 11.1 Å². The number of nitrogens with zero attached hydrogens (tertiary/aromatic N) is 1. The van der Waals surface area contributed by atoms with Crippen LogP contribution in [0.3, 0.4) is 0 Å². The van der Waals surface area contributed by atoms with Crippen LogP contribution in [0.25, 0.3) is 0 Å². The molecular weight excluding hydrogens is 260 g/mol. The van der Waals surface area contributed by atoms with Gasteiger partial charge in [-0.3, -0.25) is 0 Å². The Kier molecular flexibility index (Phi) is 4.94. The number of sulfonamides is 1. The van der Waals surface area contributed by atoms with Crippen LogP contribution in [0.15, 0.2) is 29.2 Å². The summed E-state index contributed by atoms with van der Waals surface area (Å²) in [5.74, 6) is 0. The van der Waals surface area contributed by atoms with Crippen molar-refractivity contribution in [1.29, 1.82) is 5.26 Å². The molecule has 1 N–H and O–H groups in total. The van der Waals surface area contributed by atoms with E-state index in [4.69, 9.17) is 16.9 Å². The molecule has 1 aromatic rings. The van der Waals surface area contributed by atoms with E-state index in [-0.39, 0.29) is 17.4 Å². The van der Waals surface area contributed by atoms with Crippen LogP contribution >= 0.6 is 11.6 Å². The Morgan fingerprint density at radius 2 is 2.24 bits per heavy atom.